The molecule has 0 amide bonds. The summed E-state index contributed by atoms with van der Waals surface area (Å²) in [6.45, 7) is 1.37. The molecule has 17 heavy (non-hydrogen) atoms. The van der Waals surface area contributed by atoms with Crippen LogP contribution in [0.3, 0.4) is 0 Å². The third kappa shape index (κ3) is 2.75. The van der Waals surface area contributed by atoms with E-state index in [-0.39, 0.29) is 13.2 Å². The van der Waals surface area contributed by atoms with E-state index in [1.165, 1.54) is 11.8 Å². The van der Waals surface area contributed by atoms with E-state index in [0.29, 0.717) is 17.1 Å². The summed E-state index contributed by atoms with van der Waals surface area (Å²) in [5.41, 5.74) is 0.894. The number of hydrogen-bond donors (Lipinski definition) is 2. The number of carboxylic acids is 1. The molecule has 1 atom stereocenters. The van der Waals surface area contributed by atoms with Crippen LogP contribution in [0.4, 0.5) is 0 Å². The van der Waals surface area contributed by atoms with Gasteiger partial charge in [0.2, 0.25) is 5.88 Å². The number of methoxy groups -OCH3 is 1. The molecule has 0 saturated carbocycles. The summed E-state index contributed by atoms with van der Waals surface area (Å²) in [6.07, 6.45) is -1.19. The van der Waals surface area contributed by atoms with Crippen LogP contribution in [0.1, 0.15) is 17.4 Å². The molecule has 7 heteroatoms. The van der Waals surface area contributed by atoms with E-state index in [2.05, 4.69) is 5.10 Å². The van der Waals surface area contributed by atoms with Gasteiger partial charge in [0.15, 0.2) is 6.10 Å². The van der Waals surface area contributed by atoms with Crippen LogP contribution in [0, 0.1) is 6.92 Å². The first kappa shape index (κ1) is 13.5. The second kappa shape index (κ2) is 5.65. The van der Waals surface area contributed by atoms with Crippen LogP contribution in [-0.4, -0.2) is 46.3 Å². The Morgan fingerprint density at radius 2 is 2.24 bits per heavy atom. The fraction of sp³-hybridized carbons (Fsp3) is 0.600. The minimum atomic E-state index is -1.19. The molecule has 0 aromatic carbocycles. The van der Waals surface area contributed by atoms with E-state index < -0.39 is 12.1 Å². The van der Waals surface area contributed by atoms with Crippen LogP contribution in [-0.2, 0) is 16.6 Å². The van der Waals surface area contributed by atoms with Gasteiger partial charge in [-0.3, -0.25) is 0 Å². The summed E-state index contributed by atoms with van der Waals surface area (Å²) in [4.78, 5) is 11.1. The van der Waals surface area contributed by atoms with Gasteiger partial charge in [0.05, 0.1) is 31.6 Å². The van der Waals surface area contributed by atoms with Crippen LogP contribution in [0.25, 0.3) is 0 Å². The summed E-state index contributed by atoms with van der Waals surface area (Å²) in [5, 5.41) is 21.9. The Bertz CT molecular complexity index is 402. The second-order valence-corrected chi connectivity index (χ2v) is 3.44. The molecule has 0 radical (unpaired) electrons. The molecule has 0 spiro atoms. The average molecular weight is 244 g/mol. The third-order valence-electron chi connectivity index (χ3n) is 2.27. The number of aliphatic carboxylic acids is 1. The fourth-order valence-electron chi connectivity index (χ4n) is 1.65. The molecule has 0 aliphatic rings. The van der Waals surface area contributed by atoms with E-state index in [4.69, 9.17) is 19.7 Å². The molecule has 96 valence electrons. The first-order chi connectivity index (χ1) is 8.02. The highest BCUT2D eigenvalue weighted by molar-refractivity contribution is 5.75. The quantitative estimate of drug-likeness (QED) is 0.724. The van der Waals surface area contributed by atoms with Crippen LogP contribution in [0.2, 0.25) is 0 Å². The Labute approximate surface area is 98.6 Å². The number of ether oxygens (including phenoxy) is 2. The molecule has 1 unspecified atom stereocenters. The van der Waals surface area contributed by atoms with Crippen molar-refractivity contribution in [3.63, 3.8) is 0 Å². The molecule has 1 aromatic heterocycles. The zero-order chi connectivity index (χ0) is 13.0. The lowest BCUT2D eigenvalue weighted by Crippen LogP contribution is -2.18. The number of nitrogens with zero attached hydrogens (tertiary/aromatic N) is 2. The second-order valence-electron chi connectivity index (χ2n) is 3.44. The zero-order valence-electron chi connectivity index (χ0n) is 10.0. The maximum Gasteiger partial charge on any atom is 0.337 e. The van der Waals surface area contributed by atoms with Crippen molar-refractivity contribution in [3.8, 4) is 5.88 Å². The van der Waals surface area contributed by atoms with Crippen LogP contribution >= 0.6 is 0 Å². The third-order valence-corrected chi connectivity index (χ3v) is 2.27. The lowest BCUT2D eigenvalue weighted by Gasteiger charge is -2.14. The molecule has 0 aliphatic carbocycles. The van der Waals surface area contributed by atoms with Gasteiger partial charge in [-0.05, 0) is 6.92 Å². The predicted octanol–water partition coefficient (Wildman–Crippen LogP) is -0.128. The van der Waals surface area contributed by atoms with Crippen LogP contribution in [0.5, 0.6) is 5.88 Å². The van der Waals surface area contributed by atoms with Gasteiger partial charge in [-0.15, -0.1) is 0 Å². The molecule has 1 heterocycles. The summed E-state index contributed by atoms with van der Waals surface area (Å²) in [7, 11) is 3.09. The smallest absolute Gasteiger partial charge is 0.337 e. The molecular formula is C10H16N2O5. The van der Waals surface area contributed by atoms with E-state index in [1.807, 2.05) is 0 Å². The van der Waals surface area contributed by atoms with E-state index >= 15 is 0 Å². The lowest BCUT2D eigenvalue weighted by molar-refractivity contribution is -0.151. The van der Waals surface area contributed by atoms with Crippen molar-refractivity contribution in [2.75, 3.05) is 20.3 Å². The lowest BCUT2D eigenvalue weighted by atomic mass is 10.1. The van der Waals surface area contributed by atoms with Gasteiger partial charge in [-0.1, -0.05) is 0 Å². The molecule has 0 aliphatic heterocycles. The Balaban J connectivity index is 3.12. The predicted molar refractivity (Wildman–Crippen MR) is 57.9 cm³/mol. The molecule has 0 bridgehead atoms. The minimum Gasteiger partial charge on any atom is -0.481 e. The molecular weight excluding hydrogens is 228 g/mol. The highest BCUT2D eigenvalue weighted by Gasteiger charge is 2.29. The van der Waals surface area contributed by atoms with Crippen molar-refractivity contribution >= 4 is 5.97 Å². The number of aryl methyl sites for hydroxylation is 2. The summed E-state index contributed by atoms with van der Waals surface area (Å²) in [5.74, 6) is -0.805. The first-order valence-electron chi connectivity index (χ1n) is 5.05. The van der Waals surface area contributed by atoms with Crippen LogP contribution in [0.15, 0.2) is 0 Å². The number of aliphatic hydroxyl groups is 1. The maximum atomic E-state index is 11.1. The molecule has 0 saturated heterocycles. The topological polar surface area (TPSA) is 93.8 Å². The number of aliphatic hydroxyl groups excluding tert-OH is 1. The summed E-state index contributed by atoms with van der Waals surface area (Å²) in [6, 6.07) is 0. The van der Waals surface area contributed by atoms with Crippen molar-refractivity contribution in [2.45, 2.75) is 13.0 Å². The molecule has 0 fully saturated rings. The van der Waals surface area contributed by atoms with Gasteiger partial charge in [0.1, 0.15) is 0 Å². The van der Waals surface area contributed by atoms with Crippen molar-refractivity contribution in [2.24, 2.45) is 7.05 Å². The highest BCUT2D eigenvalue weighted by Crippen LogP contribution is 2.30. The Kier molecular flexibility index (Phi) is 4.47. The summed E-state index contributed by atoms with van der Waals surface area (Å²) < 4.78 is 11.6. The molecule has 1 rings (SSSR count). The van der Waals surface area contributed by atoms with Gasteiger partial charge >= 0.3 is 5.97 Å². The number of carboxylic acid groups (broad SMARTS) is 1. The van der Waals surface area contributed by atoms with Gasteiger partial charge in [-0.2, -0.15) is 5.10 Å². The Morgan fingerprint density at radius 1 is 1.59 bits per heavy atom. The van der Waals surface area contributed by atoms with Crippen molar-refractivity contribution in [3.05, 3.63) is 11.3 Å². The Hall–Kier alpha value is -1.60. The van der Waals surface area contributed by atoms with E-state index in [0.717, 1.165) is 0 Å². The average Bonchev–Trinajstić information content (AvgIpc) is 2.54. The van der Waals surface area contributed by atoms with Gasteiger partial charge < -0.3 is 19.7 Å². The summed E-state index contributed by atoms with van der Waals surface area (Å²) >= 11 is 0. The number of hydrogen-bond acceptors (Lipinski definition) is 5. The highest BCUT2D eigenvalue weighted by atomic mass is 16.5. The number of rotatable bonds is 6. The monoisotopic (exact) mass is 244 g/mol. The largest absolute Gasteiger partial charge is 0.481 e. The maximum absolute atomic E-state index is 11.1. The van der Waals surface area contributed by atoms with Crippen molar-refractivity contribution in [1.29, 1.82) is 0 Å². The standard InChI is InChI=1S/C10H16N2O5/c1-6-7(9(16-3)12(2)11-6)8(10(14)15)17-5-4-13/h8,13H,4-5H2,1-3H3,(H,14,15). The SMILES string of the molecule is COc1c(C(OCCO)C(=O)O)c(C)nn1C. The number of carbonyl (C=O) groups is 1. The minimum absolute atomic E-state index is 0.0611. The molecule has 7 nitrogen and oxygen atoms in total. The van der Waals surface area contributed by atoms with Gasteiger partial charge in [-0.25, -0.2) is 9.48 Å². The zero-order valence-corrected chi connectivity index (χ0v) is 10.0. The normalized spacial score (nSPS) is 12.5. The van der Waals surface area contributed by atoms with E-state index in [9.17, 15) is 4.79 Å². The van der Waals surface area contributed by atoms with E-state index in [1.54, 1.807) is 14.0 Å². The fourth-order valence-corrected chi connectivity index (χ4v) is 1.65. The van der Waals surface area contributed by atoms with Crippen molar-refractivity contribution < 1.29 is 24.5 Å². The van der Waals surface area contributed by atoms with Crippen LogP contribution < -0.4 is 4.74 Å². The first-order valence-corrected chi connectivity index (χ1v) is 5.05. The van der Waals surface area contributed by atoms with Gasteiger partial charge in [0, 0.05) is 7.05 Å². The van der Waals surface area contributed by atoms with Crippen molar-refractivity contribution in [1.82, 2.24) is 9.78 Å². The molecule has 2 N–H and O–H groups in total. The van der Waals surface area contributed by atoms with Gasteiger partial charge in [0.25, 0.3) is 0 Å². The Morgan fingerprint density at radius 3 is 2.71 bits per heavy atom. The number of aromatic nitrogens is 2. The molecule has 1 aromatic rings.